The molecule has 0 radical (unpaired) electrons. The molecule has 1 amide bonds. The zero-order valence-corrected chi connectivity index (χ0v) is 18.7. The molecule has 0 bridgehead atoms. The molecule has 0 unspecified atom stereocenters. The molecular weight excluding hydrogens is 439 g/mol. The summed E-state index contributed by atoms with van der Waals surface area (Å²) in [5.41, 5.74) is -0.302. The van der Waals surface area contributed by atoms with Gasteiger partial charge in [-0.3, -0.25) is 4.79 Å². The normalized spacial score (nSPS) is 17.7. The van der Waals surface area contributed by atoms with Crippen molar-refractivity contribution in [2.45, 2.75) is 68.9 Å². The van der Waals surface area contributed by atoms with Crippen LogP contribution in [0.2, 0.25) is 0 Å². The predicted molar refractivity (Wildman–Crippen MR) is 117 cm³/mol. The molecule has 2 aromatic rings. The maximum Gasteiger partial charge on any atom is 0.416 e. The van der Waals surface area contributed by atoms with E-state index < -0.39 is 11.7 Å². The van der Waals surface area contributed by atoms with Crippen molar-refractivity contribution in [3.05, 3.63) is 35.7 Å². The molecule has 1 N–H and O–H groups in total. The van der Waals surface area contributed by atoms with Gasteiger partial charge in [0.25, 0.3) is 0 Å². The first kappa shape index (κ1) is 22.9. The van der Waals surface area contributed by atoms with E-state index in [0.717, 1.165) is 63.7 Å². The van der Waals surface area contributed by atoms with Crippen molar-refractivity contribution in [2.24, 2.45) is 0 Å². The highest BCUT2D eigenvalue weighted by molar-refractivity contribution is 7.99. The maximum absolute atomic E-state index is 13.0. The van der Waals surface area contributed by atoms with E-state index >= 15 is 0 Å². The highest BCUT2D eigenvalue weighted by Gasteiger charge is 2.30. The molecule has 1 aliphatic carbocycles. The van der Waals surface area contributed by atoms with E-state index in [1.807, 2.05) is 4.90 Å². The average molecular weight is 468 g/mol. The van der Waals surface area contributed by atoms with Crippen molar-refractivity contribution in [3.63, 3.8) is 0 Å². The number of carbonyl (C=O) groups is 1. The van der Waals surface area contributed by atoms with Gasteiger partial charge in [0.15, 0.2) is 11.0 Å². The lowest BCUT2D eigenvalue weighted by atomic mass is 9.95. The predicted octanol–water partition coefficient (Wildman–Crippen LogP) is 5.13. The Hall–Kier alpha value is -2.23. The summed E-state index contributed by atoms with van der Waals surface area (Å²) < 4.78 is 41.1. The second kappa shape index (κ2) is 10.1. The molecule has 2 fully saturated rings. The number of nitrogens with one attached hydrogen (secondary N) is 1. The molecule has 1 aromatic heterocycles. The first-order valence-electron chi connectivity index (χ1n) is 11.2. The SMILES string of the molecule is O=C(CSc1nnc(CNc2cccc(C(F)(F)F)c2)n1C1CCCCC1)N1CCCC1. The number of hydrogen-bond acceptors (Lipinski definition) is 5. The van der Waals surface area contributed by atoms with Crippen LogP contribution in [-0.2, 0) is 17.5 Å². The topological polar surface area (TPSA) is 63.1 Å². The van der Waals surface area contributed by atoms with Gasteiger partial charge in [0, 0.05) is 24.8 Å². The van der Waals surface area contributed by atoms with Gasteiger partial charge in [-0.2, -0.15) is 13.2 Å². The number of rotatable bonds is 7. The zero-order chi connectivity index (χ0) is 22.6. The minimum Gasteiger partial charge on any atom is -0.378 e. The summed E-state index contributed by atoms with van der Waals surface area (Å²) in [6.45, 7) is 1.91. The number of alkyl halides is 3. The van der Waals surface area contributed by atoms with Crippen LogP contribution in [0.15, 0.2) is 29.4 Å². The molecule has 0 spiro atoms. The standard InChI is InChI=1S/C22H28F3N5OS/c23-22(24,25)16-7-6-8-17(13-16)26-14-19-27-28-21(30(19)18-9-2-1-3-10-18)32-15-20(31)29-11-4-5-12-29/h6-8,13,18,26H,1-5,9-12,14-15H2. The molecular formula is C22H28F3N5OS. The summed E-state index contributed by atoms with van der Waals surface area (Å²) in [7, 11) is 0. The molecule has 0 atom stereocenters. The molecule has 10 heteroatoms. The van der Waals surface area contributed by atoms with Crippen LogP contribution in [0.25, 0.3) is 0 Å². The molecule has 1 saturated carbocycles. The van der Waals surface area contributed by atoms with Crippen LogP contribution in [0, 0.1) is 0 Å². The maximum atomic E-state index is 13.0. The number of amides is 1. The highest BCUT2D eigenvalue weighted by atomic mass is 32.2. The molecule has 6 nitrogen and oxygen atoms in total. The van der Waals surface area contributed by atoms with Gasteiger partial charge in [0.05, 0.1) is 17.9 Å². The Bertz CT molecular complexity index is 921. The van der Waals surface area contributed by atoms with Gasteiger partial charge in [-0.05, 0) is 43.9 Å². The molecule has 1 aliphatic heterocycles. The summed E-state index contributed by atoms with van der Waals surface area (Å²) in [5.74, 6) is 1.13. The van der Waals surface area contributed by atoms with Crippen LogP contribution >= 0.6 is 11.8 Å². The fraction of sp³-hybridized carbons (Fsp3) is 0.591. The fourth-order valence-electron chi connectivity index (χ4n) is 4.40. The van der Waals surface area contributed by atoms with Crippen molar-refractivity contribution in [3.8, 4) is 0 Å². The van der Waals surface area contributed by atoms with Crippen LogP contribution in [0.4, 0.5) is 18.9 Å². The summed E-state index contributed by atoms with van der Waals surface area (Å²) in [5, 5.41) is 12.5. The Morgan fingerprint density at radius 1 is 1.09 bits per heavy atom. The van der Waals surface area contributed by atoms with Gasteiger partial charge in [-0.15, -0.1) is 10.2 Å². The smallest absolute Gasteiger partial charge is 0.378 e. The third-order valence-electron chi connectivity index (χ3n) is 6.10. The van der Waals surface area contributed by atoms with Crippen molar-refractivity contribution in [2.75, 3.05) is 24.2 Å². The van der Waals surface area contributed by atoms with E-state index in [9.17, 15) is 18.0 Å². The molecule has 1 saturated heterocycles. The largest absolute Gasteiger partial charge is 0.416 e. The highest BCUT2D eigenvalue weighted by Crippen LogP contribution is 2.34. The summed E-state index contributed by atoms with van der Waals surface area (Å²) >= 11 is 1.41. The summed E-state index contributed by atoms with van der Waals surface area (Å²) in [4.78, 5) is 14.4. The van der Waals surface area contributed by atoms with Gasteiger partial charge < -0.3 is 14.8 Å². The number of likely N-dealkylation sites (tertiary alicyclic amines) is 1. The second-order valence-electron chi connectivity index (χ2n) is 8.37. The van der Waals surface area contributed by atoms with Gasteiger partial charge >= 0.3 is 6.18 Å². The van der Waals surface area contributed by atoms with E-state index in [-0.39, 0.29) is 18.5 Å². The Labute approximate surface area is 190 Å². The number of aromatic nitrogens is 3. The van der Waals surface area contributed by atoms with Crippen LogP contribution in [0.1, 0.15) is 62.4 Å². The monoisotopic (exact) mass is 467 g/mol. The first-order valence-corrected chi connectivity index (χ1v) is 12.2. The van der Waals surface area contributed by atoms with E-state index in [1.54, 1.807) is 6.07 Å². The van der Waals surface area contributed by atoms with Gasteiger partial charge in [-0.1, -0.05) is 37.1 Å². The van der Waals surface area contributed by atoms with E-state index in [2.05, 4.69) is 20.1 Å². The summed E-state index contributed by atoms with van der Waals surface area (Å²) in [6.07, 6.45) is 3.21. The Kier molecular flexibility index (Phi) is 7.27. The lowest BCUT2D eigenvalue weighted by Crippen LogP contribution is -2.29. The van der Waals surface area contributed by atoms with Crippen LogP contribution < -0.4 is 5.32 Å². The molecule has 4 rings (SSSR count). The Morgan fingerprint density at radius 3 is 2.56 bits per heavy atom. The van der Waals surface area contributed by atoms with Gasteiger partial charge in [0.2, 0.25) is 5.91 Å². The lowest BCUT2D eigenvalue weighted by molar-refractivity contribution is -0.137. The average Bonchev–Trinajstić information content (AvgIpc) is 3.46. The number of halogens is 3. The minimum absolute atomic E-state index is 0.120. The van der Waals surface area contributed by atoms with Crippen molar-refractivity contribution >= 4 is 23.4 Å². The Morgan fingerprint density at radius 2 is 1.84 bits per heavy atom. The molecule has 1 aromatic carbocycles. The third kappa shape index (κ3) is 5.57. The molecule has 32 heavy (non-hydrogen) atoms. The minimum atomic E-state index is -4.38. The molecule has 2 heterocycles. The first-order chi connectivity index (χ1) is 15.4. The number of anilines is 1. The van der Waals surface area contributed by atoms with Crippen molar-refractivity contribution in [1.82, 2.24) is 19.7 Å². The van der Waals surface area contributed by atoms with Gasteiger partial charge in [0.1, 0.15) is 0 Å². The van der Waals surface area contributed by atoms with Crippen molar-refractivity contribution < 1.29 is 18.0 Å². The number of thioether (sulfide) groups is 1. The van der Waals surface area contributed by atoms with Crippen LogP contribution in [0.3, 0.4) is 0 Å². The van der Waals surface area contributed by atoms with Crippen LogP contribution in [0.5, 0.6) is 0 Å². The van der Waals surface area contributed by atoms with E-state index in [1.165, 1.54) is 24.2 Å². The van der Waals surface area contributed by atoms with Gasteiger partial charge in [-0.25, -0.2) is 0 Å². The van der Waals surface area contributed by atoms with E-state index in [4.69, 9.17) is 0 Å². The lowest BCUT2D eigenvalue weighted by Gasteiger charge is -2.26. The third-order valence-corrected chi connectivity index (χ3v) is 7.03. The zero-order valence-electron chi connectivity index (χ0n) is 17.9. The number of benzene rings is 1. The molecule has 2 aliphatic rings. The number of hydrogen-bond donors (Lipinski definition) is 1. The molecule has 174 valence electrons. The fourth-order valence-corrected chi connectivity index (χ4v) is 5.33. The van der Waals surface area contributed by atoms with Crippen molar-refractivity contribution in [1.29, 1.82) is 0 Å². The number of nitrogens with zero attached hydrogens (tertiary/aromatic N) is 4. The quantitative estimate of drug-likeness (QED) is 0.572. The van der Waals surface area contributed by atoms with E-state index in [0.29, 0.717) is 22.4 Å². The number of carbonyl (C=O) groups excluding carboxylic acids is 1. The van der Waals surface area contributed by atoms with Crippen LogP contribution in [-0.4, -0.2) is 44.4 Å². The second-order valence-corrected chi connectivity index (χ2v) is 9.31. The Balaban J connectivity index is 1.48. The summed E-state index contributed by atoms with van der Waals surface area (Å²) in [6, 6.07) is 5.41.